The molecular formula is C21H24N4O5S. The van der Waals surface area contributed by atoms with Crippen LogP contribution in [0, 0.1) is 18.3 Å². The summed E-state index contributed by atoms with van der Waals surface area (Å²) in [5, 5.41) is 9.04. The Balaban J connectivity index is 1.44. The van der Waals surface area contributed by atoms with Crippen LogP contribution in [-0.2, 0) is 14.8 Å². The van der Waals surface area contributed by atoms with Gasteiger partial charge in [-0.25, -0.2) is 13.4 Å². The zero-order valence-electron chi connectivity index (χ0n) is 17.3. The molecule has 4 rings (SSSR count). The molecule has 2 aliphatic heterocycles. The van der Waals surface area contributed by atoms with Gasteiger partial charge in [0, 0.05) is 32.1 Å². The van der Waals surface area contributed by atoms with Crippen molar-refractivity contribution < 1.29 is 22.4 Å². The third kappa shape index (κ3) is 4.35. The Kier molecular flexibility index (Phi) is 6.09. The number of oxazole rings is 1. The van der Waals surface area contributed by atoms with E-state index in [9.17, 15) is 13.2 Å². The number of rotatable bonds is 4. The minimum absolute atomic E-state index is 0.0539. The predicted octanol–water partition coefficient (Wildman–Crippen LogP) is 1.90. The highest BCUT2D eigenvalue weighted by molar-refractivity contribution is 7.89. The Hall–Kier alpha value is -2.74. The number of nitriles is 1. The number of amides is 1. The van der Waals surface area contributed by atoms with Gasteiger partial charge in [-0.2, -0.15) is 9.57 Å². The van der Waals surface area contributed by atoms with E-state index in [0.29, 0.717) is 75.1 Å². The summed E-state index contributed by atoms with van der Waals surface area (Å²) in [6.45, 7) is 4.45. The summed E-state index contributed by atoms with van der Waals surface area (Å²) < 4.78 is 38.4. The summed E-state index contributed by atoms with van der Waals surface area (Å²) in [7, 11) is -3.67. The normalized spacial score (nSPS) is 18.6. The fourth-order valence-electron chi connectivity index (χ4n) is 3.92. The van der Waals surface area contributed by atoms with Crippen LogP contribution < -0.4 is 0 Å². The van der Waals surface area contributed by atoms with E-state index >= 15 is 0 Å². The Morgan fingerprint density at radius 1 is 1.19 bits per heavy atom. The molecule has 0 aliphatic carbocycles. The molecule has 1 amide bonds. The van der Waals surface area contributed by atoms with E-state index in [0.717, 1.165) is 0 Å². The highest BCUT2D eigenvalue weighted by atomic mass is 32.2. The van der Waals surface area contributed by atoms with Crippen molar-refractivity contribution in [3.8, 4) is 6.07 Å². The Morgan fingerprint density at radius 2 is 1.90 bits per heavy atom. The van der Waals surface area contributed by atoms with Crippen LogP contribution >= 0.6 is 0 Å². The number of ether oxygens (including phenoxy) is 1. The van der Waals surface area contributed by atoms with Crippen LogP contribution in [0.1, 0.15) is 46.5 Å². The van der Waals surface area contributed by atoms with Gasteiger partial charge in [-0.05, 0) is 38.0 Å². The van der Waals surface area contributed by atoms with Gasteiger partial charge in [0.05, 0.1) is 29.7 Å². The number of benzene rings is 1. The minimum Gasteiger partial charge on any atom is -0.445 e. The highest BCUT2D eigenvalue weighted by Gasteiger charge is 2.33. The Morgan fingerprint density at radius 3 is 2.58 bits per heavy atom. The maximum absolute atomic E-state index is 12.9. The lowest BCUT2D eigenvalue weighted by atomic mass is 9.98. The van der Waals surface area contributed by atoms with Crippen LogP contribution in [-0.4, -0.2) is 67.9 Å². The Labute approximate surface area is 181 Å². The molecule has 31 heavy (non-hydrogen) atoms. The molecular weight excluding hydrogens is 420 g/mol. The monoisotopic (exact) mass is 444 g/mol. The quantitative estimate of drug-likeness (QED) is 0.707. The van der Waals surface area contributed by atoms with Gasteiger partial charge in [-0.1, -0.05) is 6.07 Å². The molecule has 9 nitrogen and oxygen atoms in total. The minimum atomic E-state index is -3.67. The van der Waals surface area contributed by atoms with Gasteiger partial charge in [-0.3, -0.25) is 4.79 Å². The number of morpholine rings is 1. The molecule has 10 heteroatoms. The zero-order chi connectivity index (χ0) is 22.0. The summed E-state index contributed by atoms with van der Waals surface area (Å²) in [5.74, 6) is 0.752. The van der Waals surface area contributed by atoms with E-state index in [1.165, 1.54) is 16.4 Å². The van der Waals surface area contributed by atoms with E-state index in [4.69, 9.17) is 14.4 Å². The second kappa shape index (κ2) is 8.78. The predicted molar refractivity (Wildman–Crippen MR) is 110 cm³/mol. The maximum atomic E-state index is 12.9. The molecule has 3 heterocycles. The van der Waals surface area contributed by atoms with Gasteiger partial charge in [0.15, 0.2) is 11.6 Å². The number of aromatic nitrogens is 1. The molecule has 2 aromatic rings. The van der Waals surface area contributed by atoms with Gasteiger partial charge in [0.25, 0.3) is 5.91 Å². The van der Waals surface area contributed by atoms with Crippen molar-refractivity contribution in [3.63, 3.8) is 0 Å². The van der Waals surface area contributed by atoms with E-state index < -0.39 is 10.0 Å². The van der Waals surface area contributed by atoms with Crippen LogP contribution in [0.3, 0.4) is 0 Å². The smallest absolute Gasteiger partial charge is 0.276 e. The summed E-state index contributed by atoms with van der Waals surface area (Å²) in [6.07, 6.45) is 1.09. The standard InChI is InChI=1S/C21H24N4O5S/c1-15-19(21(26)24-9-11-29-12-10-24)23-20(30-15)17-5-7-25(8-6-17)31(27,28)18-4-2-3-16(13-18)14-22/h2-4,13,17H,5-12H2,1H3. The van der Waals surface area contributed by atoms with Crippen molar-refractivity contribution in [1.82, 2.24) is 14.2 Å². The third-order valence-electron chi connectivity index (χ3n) is 5.72. The molecule has 1 aromatic heterocycles. The molecule has 2 aliphatic rings. The molecule has 0 bridgehead atoms. The van der Waals surface area contributed by atoms with Crippen molar-refractivity contribution in [3.05, 3.63) is 47.2 Å². The lowest BCUT2D eigenvalue weighted by Crippen LogP contribution is -2.41. The average molecular weight is 445 g/mol. The van der Waals surface area contributed by atoms with Gasteiger partial charge in [0.2, 0.25) is 10.0 Å². The van der Waals surface area contributed by atoms with E-state index in [1.807, 2.05) is 6.07 Å². The molecule has 0 radical (unpaired) electrons. The second-order valence-electron chi connectivity index (χ2n) is 7.68. The van der Waals surface area contributed by atoms with E-state index in [2.05, 4.69) is 4.98 Å². The van der Waals surface area contributed by atoms with Crippen molar-refractivity contribution in [2.24, 2.45) is 0 Å². The van der Waals surface area contributed by atoms with Crippen molar-refractivity contribution in [2.75, 3.05) is 39.4 Å². The number of hydrogen-bond acceptors (Lipinski definition) is 7. The molecule has 2 fully saturated rings. The van der Waals surface area contributed by atoms with Crippen LogP contribution in [0.25, 0.3) is 0 Å². The zero-order valence-corrected chi connectivity index (χ0v) is 18.1. The van der Waals surface area contributed by atoms with E-state index in [1.54, 1.807) is 24.0 Å². The first-order chi connectivity index (χ1) is 14.9. The number of aryl methyl sites for hydroxylation is 1. The summed E-state index contributed by atoms with van der Waals surface area (Å²) in [4.78, 5) is 19.1. The van der Waals surface area contributed by atoms with Gasteiger partial charge in [-0.15, -0.1) is 0 Å². The Bertz CT molecular complexity index is 1110. The largest absolute Gasteiger partial charge is 0.445 e. The van der Waals surface area contributed by atoms with Gasteiger partial charge >= 0.3 is 0 Å². The number of hydrogen-bond donors (Lipinski definition) is 0. The van der Waals surface area contributed by atoms with Crippen molar-refractivity contribution in [1.29, 1.82) is 5.26 Å². The average Bonchev–Trinajstić information content (AvgIpc) is 3.20. The SMILES string of the molecule is Cc1oc(C2CCN(S(=O)(=O)c3cccc(C#N)c3)CC2)nc1C(=O)N1CCOCC1. The highest BCUT2D eigenvalue weighted by Crippen LogP contribution is 2.31. The lowest BCUT2D eigenvalue weighted by molar-refractivity contribution is 0.0298. The van der Waals surface area contributed by atoms with Crippen molar-refractivity contribution >= 4 is 15.9 Å². The third-order valence-corrected chi connectivity index (χ3v) is 7.61. The van der Waals surface area contributed by atoms with Gasteiger partial charge in [0.1, 0.15) is 5.76 Å². The fourth-order valence-corrected chi connectivity index (χ4v) is 5.44. The number of sulfonamides is 1. The molecule has 0 atom stereocenters. The number of carbonyl (C=O) groups is 1. The fraction of sp³-hybridized carbons (Fsp3) is 0.476. The number of nitrogens with zero attached hydrogens (tertiary/aromatic N) is 4. The van der Waals surface area contributed by atoms with Crippen molar-refractivity contribution in [2.45, 2.75) is 30.6 Å². The first-order valence-electron chi connectivity index (χ1n) is 10.2. The van der Waals surface area contributed by atoms with Gasteiger partial charge < -0.3 is 14.1 Å². The van der Waals surface area contributed by atoms with Crippen LogP contribution in [0.5, 0.6) is 0 Å². The molecule has 0 N–H and O–H groups in total. The molecule has 164 valence electrons. The first-order valence-corrected chi connectivity index (χ1v) is 11.7. The van der Waals surface area contributed by atoms with Crippen LogP contribution in [0.4, 0.5) is 0 Å². The van der Waals surface area contributed by atoms with Crippen LogP contribution in [0.2, 0.25) is 0 Å². The maximum Gasteiger partial charge on any atom is 0.276 e. The molecule has 0 spiro atoms. The molecule has 2 saturated heterocycles. The van der Waals surface area contributed by atoms with E-state index in [-0.39, 0.29) is 16.7 Å². The summed E-state index contributed by atoms with van der Waals surface area (Å²) in [6, 6.07) is 8.01. The molecule has 0 unspecified atom stereocenters. The lowest BCUT2D eigenvalue weighted by Gasteiger charge is -2.29. The number of carbonyl (C=O) groups excluding carboxylic acids is 1. The molecule has 1 aromatic carbocycles. The summed E-state index contributed by atoms with van der Waals surface area (Å²) in [5.41, 5.74) is 0.629. The van der Waals surface area contributed by atoms with Crippen LogP contribution in [0.15, 0.2) is 33.6 Å². The number of piperidine rings is 1. The first kappa shape index (κ1) is 21.5. The summed E-state index contributed by atoms with van der Waals surface area (Å²) >= 11 is 0. The topological polar surface area (TPSA) is 117 Å². The molecule has 0 saturated carbocycles. The second-order valence-corrected chi connectivity index (χ2v) is 9.62.